The molecule has 0 aromatic heterocycles. The first-order valence-corrected chi connectivity index (χ1v) is 10.2. The van der Waals surface area contributed by atoms with E-state index in [0.717, 1.165) is 6.07 Å². The third-order valence-electron chi connectivity index (χ3n) is 5.92. The number of amides is 2. The Hall–Kier alpha value is -3.43. The molecule has 2 aliphatic heterocycles. The molecule has 0 aliphatic carbocycles. The molecule has 0 radical (unpaired) electrons. The summed E-state index contributed by atoms with van der Waals surface area (Å²) in [4.78, 5) is 18.1. The Morgan fingerprint density at radius 1 is 1.06 bits per heavy atom. The first-order chi connectivity index (χ1) is 15.2. The Bertz CT molecular complexity index is 1180. The Morgan fingerprint density at radius 3 is 2.41 bits per heavy atom. The number of hydrogen-bond donors (Lipinski definition) is 0. The van der Waals surface area contributed by atoms with Crippen LogP contribution in [0.4, 0.5) is 29.3 Å². The number of anilines is 2. The molecule has 0 spiro atoms. The van der Waals surface area contributed by atoms with E-state index in [-0.39, 0.29) is 12.1 Å². The minimum Gasteiger partial charge on any atom is -0.368 e. The summed E-state index contributed by atoms with van der Waals surface area (Å²) in [6, 6.07) is 10.1. The summed E-state index contributed by atoms with van der Waals surface area (Å²) in [6.45, 7) is 3.16. The normalized spacial score (nSPS) is 18.4. The number of fused-ring (bicyclic) bond motifs is 1. The minimum absolute atomic E-state index is 0.200. The van der Waals surface area contributed by atoms with Crippen molar-refractivity contribution in [3.05, 3.63) is 57.6 Å². The van der Waals surface area contributed by atoms with E-state index in [1.165, 1.54) is 12.1 Å². The van der Waals surface area contributed by atoms with Gasteiger partial charge in [0, 0.05) is 37.6 Å². The van der Waals surface area contributed by atoms with Crippen molar-refractivity contribution in [2.24, 2.45) is 0 Å². The predicted octanol–water partition coefficient (Wildman–Crippen LogP) is 4.54. The van der Waals surface area contributed by atoms with Crippen LogP contribution in [0.15, 0.2) is 30.3 Å². The van der Waals surface area contributed by atoms with Crippen LogP contribution in [0.1, 0.15) is 22.3 Å². The molecule has 0 N–H and O–H groups in total. The second kappa shape index (κ2) is 7.92. The van der Waals surface area contributed by atoms with Crippen LogP contribution in [0, 0.1) is 29.6 Å². The number of piperazine rings is 1. The number of carbonyl (C=O) groups excluding carboxylic acids is 1. The molecule has 6 nitrogen and oxygen atoms in total. The molecule has 164 valence electrons. The van der Waals surface area contributed by atoms with Crippen molar-refractivity contribution in [1.29, 1.82) is 10.5 Å². The fraction of sp³-hybridized carbons (Fsp3) is 0.318. The van der Waals surface area contributed by atoms with E-state index in [4.69, 9.17) is 22.1 Å². The summed E-state index contributed by atoms with van der Waals surface area (Å²) in [5.41, 5.74) is 0.529. The zero-order valence-electron chi connectivity index (χ0n) is 16.9. The molecular weight excluding hydrogens is 443 g/mol. The summed E-state index contributed by atoms with van der Waals surface area (Å²) in [7, 11) is 0. The van der Waals surface area contributed by atoms with Gasteiger partial charge in [-0.2, -0.15) is 23.7 Å². The number of hydrogen-bond acceptors (Lipinski definition) is 4. The van der Waals surface area contributed by atoms with Crippen LogP contribution in [0.5, 0.6) is 0 Å². The third-order valence-corrected chi connectivity index (χ3v) is 6.40. The lowest BCUT2D eigenvalue weighted by atomic mass is 10.1. The number of alkyl halides is 3. The molecule has 2 heterocycles. The molecule has 2 aromatic rings. The van der Waals surface area contributed by atoms with Crippen molar-refractivity contribution >= 4 is 29.0 Å². The fourth-order valence-electron chi connectivity index (χ4n) is 4.26. The molecule has 2 saturated heterocycles. The van der Waals surface area contributed by atoms with Crippen molar-refractivity contribution in [2.45, 2.75) is 19.1 Å². The SMILES string of the molecule is Cc1c(N2CC3CN(c4ccc(C#N)c(C(F)(F)F)c4)CCN3C2=O)ccc(C#N)c1Cl. The number of urea groups is 1. The number of nitrogens with zero attached hydrogens (tertiary/aromatic N) is 5. The zero-order chi connectivity index (χ0) is 23.2. The Balaban J connectivity index is 1.59. The van der Waals surface area contributed by atoms with Crippen molar-refractivity contribution in [3.8, 4) is 12.1 Å². The fourth-order valence-corrected chi connectivity index (χ4v) is 4.46. The molecule has 1 atom stereocenters. The van der Waals surface area contributed by atoms with E-state index in [0.29, 0.717) is 53.7 Å². The number of rotatable bonds is 2. The highest BCUT2D eigenvalue weighted by atomic mass is 35.5. The molecule has 4 rings (SSSR count). The van der Waals surface area contributed by atoms with Gasteiger partial charge in [0.25, 0.3) is 0 Å². The molecule has 1 unspecified atom stereocenters. The van der Waals surface area contributed by atoms with E-state index in [1.54, 1.807) is 39.8 Å². The standard InChI is InChI=1S/C22H17ClF3N5O/c1-13-19(5-3-15(10-28)20(13)23)31-12-17-11-29(6-7-30(17)21(31)32)16-4-2-14(9-27)18(8-16)22(24,25)26/h2-5,8,17H,6-7,11-12H2,1H3. The molecule has 2 amide bonds. The predicted molar refractivity (Wildman–Crippen MR) is 113 cm³/mol. The quantitative estimate of drug-likeness (QED) is 0.660. The van der Waals surface area contributed by atoms with E-state index >= 15 is 0 Å². The minimum atomic E-state index is -4.63. The first-order valence-electron chi connectivity index (χ1n) is 9.79. The maximum Gasteiger partial charge on any atom is 0.417 e. The average molecular weight is 460 g/mol. The molecule has 32 heavy (non-hydrogen) atoms. The van der Waals surface area contributed by atoms with Gasteiger partial charge in [0.1, 0.15) is 6.07 Å². The monoisotopic (exact) mass is 459 g/mol. The molecule has 0 bridgehead atoms. The van der Waals surface area contributed by atoms with E-state index in [2.05, 4.69) is 0 Å². The van der Waals surface area contributed by atoms with Gasteiger partial charge in [-0.25, -0.2) is 4.79 Å². The number of halogens is 4. The van der Waals surface area contributed by atoms with Crippen LogP contribution < -0.4 is 9.80 Å². The Labute approximate surface area is 187 Å². The highest BCUT2D eigenvalue weighted by molar-refractivity contribution is 6.33. The van der Waals surface area contributed by atoms with Crippen LogP contribution in [0.2, 0.25) is 5.02 Å². The first kappa shape index (κ1) is 21.8. The van der Waals surface area contributed by atoms with Gasteiger partial charge in [-0.3, -0.25) is 4.90 Å². The maximum atomic E-state index is 13.4. The largest absolute Gasteiger partial charge is 0.417 e. The van der Waals surface area contributed by atoms with Crippen molar-refractivity contribution in [2.75, 3.05) is 36.0 Å². The Kier molecular flexibility index (Phi) is 5.39. The summed E-state index contributed by atoms with van der Waals surface area (Å²) in [5.74, 6) is 0. The van der Waals surface area contributed by atoms with Gasteiger partial charge >= 0.3 is 12.2 Å². The molecule has 2 fully saturated rings. The molecule has 2 aromatic carbocycles. The molecular formula is C22H17ClF3N5O. The summed E-state index contributed by atoms with van der Waals surface area (Å²) >= 11 is 6.26. The molecule has 2 aliphatic rings. The molecule has 0 saturated carbocycles. The van der Waals surface area contributed by atoms with Crippen LogP contribution >= 0.6 is 11.6 Å². The Morgan fingerprint density at radius 2 is 1.75 bits per heavy atom. The van der Waals surface area contributed by atoms with Gasteiger partial charge in [0.15, 0.2) is 0 Å². The second-order valence-electron chi connectivity index (χ2n) is 7.71. The lowest BCUT2D eigenvalue weighted by Crippen LogP contribution is -2.52. The van der Waals surface area contributed by atoms with E-state index in [1.807, 2.05) is 6.07 Å². The number of carbonyl (C=O) groups is 1. The van der Waals surface area contributed by atoms with Crippen LogP contribution in [-0.4, -0.2) is 43.2 Å². The van der Waals surface area contributed by atoms with E-state index in [9.17, 15) is 18.0 Å². The summed E-state index contributed by atoms with van der Waals surface area (Å²) in [6.07, 6.45) is -4.63. The van der Waals surface area contributed by atoms with Gasteiger partial charge in [-0.1, -0.05) is 11.6 Å². The summed E-state index contributed by atoms with van der Waals surface area (Å²) < 4.78 is 40.1. The third kappa shape index (κ3) is 3.59. The van der Waals surface area contributed by atoms with Crippen LogP contribution in [0.3, 0.4) is 0 Å². The highest BCUT2D eigenvalue weighted by Gasteiger charge is 2.42. The van der Waals surface area contributed by atoms with Gasteiger partial charge in [-0.05, 0) is 42.8 Å². The number of nitriles is 2. The molecule has 10 heteroatoms. The van der Waals surface area contributed by atoms with E-state index < -0.39 is 17.3 Å². The average Bonchev–Trinajstić information content (AvgIpc) is 3.10. The maximum absolute atomic E-state index is 13.4. The van der Waals surface area contributed by atoms with Gasteiger partial charge in [0.05, 0.1) is 33.8 Å². The van der Waals surface area contributed by atoms with Crippen molar-refractivity contribution < 1.29 is 18.0 Å². The lowest BCUT2D eigenvalue weighted by Gasteiger charge is -2.38. The van der Waals surface area contributed by atoms with Gasteiger partial charge in [0.2, 0.25) is 0 Å². The van der Waals surface area contributed by atoms with Crippen LogP contribution in [-0.2, 0) is 6.18 Å². The highest BCUT2D eigenvalue weighted by Crippen LogP contribution is 2.37. The topological polar surface area (TPSA) is 74.4 Å². The van der Waals surface area contributed by atoms with Crippen molar-refractivity contribution in [1.82, 2.24) is 4.90 Å². The van der Waals surface area contributed by atoms with Gasteiger partial charge in [-0.15, -0.1) is 0 Å². The zero-order valence-corrected chi connectivity index (χ0v) is 17.7. The second-order valence-corrected chi connectivity index (χ2v) is 8.09. The summed E-state index contributed by atoms with van der Waals surface area (Å²) in [5, 5.41) is 18.4. The lowest BCUT2D eigenvalue weighted by molar-refractivity contribution is -0.137. The smallest absolute Gasteiger partial charge is 0.368 e. The number of benzene rings is 2. The van der Waals surface area contributed by atoms with Crippen molar-refractivity contribution in [3.63, 3.8) is 0 Å². The van der Waals surface area contributed by atoms with Crippen LogP contribution in [0.25, 0.3) is 0 Å². The van der Waals surface area contributed by atoms with Gasteiger partial charge < -0.3 is 9.80 Å².